The Balaban J connectivity index is 1.58. The number of carbonyl (C=O) groups is 1. The highest BCUT2D eigenvalue weighted by molar-refractivity contribution is 5.95. The first-order chi connectivity index (χ1) is 11.8. The number of nitrogen functional groups attached to an aromatic ring is 1. The standard InChI is InChI=1S/C19H22N2O4/c1-19(2,3)12-4-6-13(7-5-12)23-10-18(22)21-15-9-17-16(8-14(15)20)24-11-25-17/h4-9H,10-11,20H2,1-3H3,(H,21,22). The van der Waals surface area contributed by atoms with Crippen LogP contribution >= 0.6 is 0 Å². The first-order valence-electron chi connectivity index (χ1n) is 8.05. The number of hydrogen-bond acceptors (Lipinski definition) is 5. The lowest BCUT2D eigenvalue weighted by Crippen LogP contribution is -2.21. The Hall–Kier alpha value is -2.89. The third-order valence-electron chi connectivity index (χ3n) is 3.91. The number of nitrogens with two attached hydrogens (primary N) is 1. The molecule has 132 valence electrons. The average molecular weight is 342 g/mol. The Kier molecular flexibility index (Phi) is 4.44. The number of ether oxygens (including phenoxy) is 3. The Bertz CT molecular complexity index is 779. The molecule has 3 rings (SSSR count). The van der Waals surface area contributed by atoms with E-state index in [0.717, 1.165) is 0 Å². The van der Waals surface area contributed by atoms with Crippen molar-refractivity contribution in [2.75, 3.05) is 24.5 Å². The van der Waals surface area contributed by atoms with Crippen LogP contribution in [0.2, 0.25) is 0 Å². The molecule has 0 aromatic heterocycles. The van der Waals surface area contributed by atoms with Crippen molar-refractivity contribution in [3.05, 3.63) is 42.0 Å². The van der Waals surface area contributed by atoms with Crippen molar-refractivity contribution in [1.29, 1.82) is 0 Å². The molecule has 2 aromatic rings. The van der Waals surface area contributed by atoms with Crippen LogP contribution in [0.25, 0.3) is 0 Å². The molecule has 6 heteroatoms. The first-order valence-corrected chi connectivity index (χ1v) is 8.05. The minimum atomic E-state index is -0.300. The Morgan fingerprint density at radius 2 is 1.80 bits per heavy atom. The van der Waals surface area contributed by atoms with Crippen LogP contribution in [0.15, 0.2) is 36.4 Å². The van der Waals surface area contributed by atoms with Crippen molar-refractivity contribution >= 4 is 17.3 Å². The second-order valence-electron chi connectivity index (χ2n) is 6.90. The summed E-state index contributed by atoms with van der Waals surface area (Å²) in [7, 11) is 0. The zero-order valence-corrected chi connectivity index (χ0v) is 14.6. The normalized spacial score (nSPS) is 12.8. The van der Waals surface area contributed by atoms with E-state index in [2.05, 4.69) is 26.1 Å². The van der Waals surface area contributed by atoms with Crippen molar-refractivity contribution < 1.29 is 19.0 Å². The zero-order chi connectivity index (χ0) is 18.0. The van der Waals surface area contributed by atoms with Crippen LogP contribution in [0.4, 0.5) is 11.4 Å². The van der Waals surface area contributed by atoms with Gasteiger partial charge in [0, 0.05) is 12.1 Å². The number of nitrogens with one attached hydrogen (secondary N) is 1. The van der Waals surface area contributed by atoms with Gasteiger partial charge in [0.1, 0.15) is 5.75 Å². The third-order valence-corrected chi connectivity index (χ3v) is 3.91. The van der Waals surface area contributed by atoms with Crippen molar-refractivity contribution in [1.82, 2.24) is 0 Å². The van der Waals surface area contributed by atoms with Gasteiger partial charge in [-0.15, -0.1) is 0 Å². The van der Waals surface area contributed by atoms with Crippen LogP contribution < -0.4 is 25.3 Å². The molecule has 0 bridgehead atoms. The highest BCUT2D eigenvalue weighted by Crippen LogP contribution is 2.38. The number of anilines is 2. The summed E-state index contributed by atoms with van der Waals surface area (Å²) in [5, 5.41) is 2.72. The molecule has 0 saturated carbocycles. The lowest BCUT2D eigenvalue weighted by molar-refractivity contribution is -0.118. The van der Waals surface area contributed by atoms with Gasteiger partial charge >= 0.3 is 0 Å². The van der Waals surface area contributed by atoms with E-state index in [0.29, 0.717) is 28.6 Å². The van der Waals surface area contributed by atoms with Crippen molar-refractivity contribution in [3.8, 4) is 17.2 Å². The van der Waals surface area contributed by atoms with Gasteiger partial charge in [-0.25, -0.2) is 0 Å². The molecule has 0 aliphatic carbocycles. The summed E-state index contributed by atoms with van der Waals surface area (Å²) in [6, 6.07) is 11.0. The third kappa shape index (κ3) is 3.96. The van der Waals surface area contributed by atoms with E-state index in [1.54, 1.807) is 12.1 Å². The topological polar surface area (TPSA) is 82.8 Å². The molecular formula is C19H22N2O4. The molecule has 0 spiro atoms. The van der Waals surface area contributed by atoms with E-state index in [4.69, 9.17) is 19.9 Å². The fourth-order valence-electron chi connectivity index (χ4n) is 2.45. The molecule has 1 aliphatic rings. The summed E-state index contributed by atoms with van der Waals surface area (Å²) in [6.07, 6.45) is 0. The average Bonchev–Trinajstić information content (AvgIpc) is 3.00. The Labute approximate surface area is 146 Å². The van der Waals surface area contributed by atoms with Gasteiger partial charge in [0.15, 0.2) is 18.1 Å². The van der Waals surface area contributed by atoms with Crippen molar-refractivity contribution in [2.45, 2.75) is 26.2 Å². The van der Waals surface area contributed by atoms with Gasteiger partial charge in [0.05, 0.1) is 11.4 Å². The number of carbonyl (C=O) groups excluding carboxylic acids is 1. The van der Waals surface area contributed by atoms with Gasteiger partial charge < -0.3 is 25.3 Å². The molecule has 6 nitrogen and oxygen atoms in total. The minimum absolute atomic E-state index is 0.0762. The van der Waals surface area contributed by atoms with Crippen LogP contribution in [0.1, 0.15) is 26.3 Å². The number of benzene rings is 2. The maximum absolute atomic E-state index is 12.1. The number of hydrogen-bond donors (Lipinski definition) is 2. The monoisotopic (exact) mass is 342 g/mol. The SMILES string of the molecule is CC(C)(C)c1ccc(OCC(=O)Nc2cc3c(cc2N)OCO3)cc1. The largest absolute Gasteiger partial charge is 0.484 e. The molecule has 1 amide bonds. The van der Waals surface area contributed by atoms with E-state index >= 15 is 0 Å². The minimum Gasteiger partial charge on any atom is -0.484 e. The zero-order valence-electron chi connectivity index (χ0n) is 14.6. The lowest BCUT2D eigenvalue weighted by atomic mass is 9.87. The van der Waals surface area contributed by atoms with Crippen LogP contribution in [0, 0.1) is 0 Å². The summed E-state index contributed by atoms with van der Waals surface area (Å²) >= 11 is 0. The molecule has 1 heterocycles. The molecule has 2 aromatic carbocycles. The van der Waals surface area contributed by atoms with Gasteiger partial charge in [0.25, 0.3) is 5.91 Å². The molecule has 0 unspecified atom stereocenters. The van der Waals surface area contributed by atoms with Crippen LogP contribution in [0.3, 0.4) is 0 Å². The van der Waals surface area contributed by atoms with E-state index in [1.165, 1.54) is 5.56 Å². The highest BCUT2D eigenvalue weighted by atomic mass is 16.7. The number of rotatable bonds is 4. The van der Waals surface area contributed by atoms with E-state index in [9.17, 15) is 4.79 Å². The summed E-state index contributed by atoms with van der Waals surface area (Å²) in [6.45, 7) is 6.48. The van der Waals surface area contributed by atoms with Crippen molar-refractivity contribution in [2.24, 2.45) is 0 Å². The molecule has 0 saturated heterocycles. The van der Waals surface area contributed by atoms with E-state index in [-0.39, 0.29) is 24.7 Å². The maximum atomic E-state index is 12.1. The number of fused-ring (bicyclic) bond motifs is 1. The highest BCUT2D eigenvalue weighted by Gasteiger charge is 2.17. The van der Waals surface area contributed by atoms with Gasteiger partial charge in [-0.2, -0.15) is 0 Å². The van der Waals surface area contributed by atoms with Gasteiger partial charge in [0.2, 0.25) is 6.79 Å². The number of amides is 1. The summed E-state index contributed by atoms with van der Waals surface area (Å²) in [5.41, 5.74) is 8.08. The Morgan fingerprint density at radius 1 is 1.16 bits per heavy atom. The lowest BCUT2D eigenvalue weighted by Gasteiger charge is -2.19. The predicted octanol–water partition coefficient (Wildman–Crippen LogP) is 3.31. The summed E-state index contributed by atoms with van der Waals surface area (Å²) < 4.78 is 16.1. The molecule has 3 N–H and O–H groups in total. The predicted molar refractivity (Wildman–Crippen MR) is 96.2 cm³/mol. The first kappa shape index (κ1) is 17.0. The second-order valence-corrected chi connectivity index (χ2v) is 6.90. The van der Waals surface area contributed by atoms with Crippen LogP contribution in [-0.4, -0.2) is 19.3 Å². The fourth-order valence-corrected chi connectivity index (χ4v) is 2.45. The molecule has 25 heavy (non-hydrogen) atoms. The van der Waals surface area contributed by atoms with E-state index < -0.39 is 0 Å². The van der Waals surface area contributed by atoms with Crippen LogP contribution in [-0.2, 0) is 10.2 Å². The second kappa shape index (κ2) is 6.55. The molecule has 0 fully saturated rings. The quantitative estimate of drug-likeness (QED) is 0.833. The Morgan fingerprint density at radius 3 is 2.44 bits per heavy atom. The molecular weight excluding hydrogens is 320 g/mol. The van der Waals surface area contributed by atoms with Gasteiger partial charge in [-0.05, 0) is 23.1 Å². The van der Waals surface area contributed by atoms with Crippen LogP contribution in [0.5, 0.6) is 17.2 Å². The maximum Gasteiger partial charge on any atom is 0.262 e. The van der Waals surface area contributed by atoms with E-state index in [1.807, 2.05) is 24.3 Å². The molecule has 0 radical (unpaired) electrons. The summed E-state index contributed by atoms with van der Waals surface area (Å²) in [5.74, 6) is 1.47. The molecule has 1 aliphatic heterocycles. The summed E-state index contributed by atoms with van der Waals surface area (Å²) in [4.78, 5) is 12.1. The van der Waals surface area contributed by atoms with Gasteiger partial charge in [-0.1, -0.05) is 32.9 Å². The van der Waals surface area contributed by atoms with Crippen molar-refractivity contribution in [3.63, 3.8) is 0 Å². The fraction of sp³-hybridized carbons (Fsp3) is 0.316. The van der Waals surface area contributed by atoms with Gasteiger partial charge in [-0.3, -0.25) is 4.79 Å². The molecule has 0 atom stereocenters. The smallest absolute Gasteiger partial charge is 0.262 e.